The highest BCUT2D eigenvalue weighted by Crippen LogP contribution is 2.25. The zero-order valence-electron chi connectivity index (χ0n) is 13.3. The first kappa shape index (κ1) is 17.4. The van der Waals surface area contributed by atoms with Gasteiger partial charge in [-0.25, -0.2) is 9.18 Å². The average molecular weight is 329 g/mol. The number of benzene rings is 1. The smallest absolute Gasteiger partial charge is 0.349 e. The maximum atomic E-state index is 13.7. The Morgan fingerprint density at radius 2 is 2.12 bits per heavy atom. The van der Waals surface area contributed by atoms with Gasteiger partial charge in [-0.2, -0.15) is 5.26 Å². The Kier molecular flexibility index (Phi) is 5.88. The molecule has 0 aliphatic heterocycles. The molecule has 2 rings (SSSR count). The second-order valence-corrected chi connectivity index (χ2v) is 5.02. The summed E-state index contributed by atoms with van der Waals surface area (Å²) in [5.41, 5.74) is 0.0827. The zero-order chi connectivity index (χ0) is 17.5. The Hall–Kier alpha value is -2.91. The fourth-order valence-corrected chi connectivity index (χ4v) is 2.03. The van der Waals surface area contributed by atoms with E-state index in [1.54, 1.807) is 43.3 Å². The third-order valence-corrected chi connectivity index (χ3v) is 3.10. The van der Waals surface area contributed by atoms with Gasteiger partial charge in [0.25, 0.3) is 0 Å². The van der Waals surface area contributed by atoms with Crippen LogP contribution in [0.4, 0.5) is 4.39 Å². The van der Waals surface area contributed by atoms with E-state index in [1.807, 2.05) is 0 Å². The van der Waals surface area contributed by atoms with Crippen molar-refractivity contribution in [1.29, 1.82) is 5.26 Å². The summed E-state index contributed by atoms with van der Waals surface area (Å²) in [6.45, 7) is 1.88. The number of hydrogen-bond acceptors (Lipinski definition) is 5. The van der Waals surface area contributed by atoms with Crippen LogP contribution in [-0.4, -0.2) is 25.8 Å². The molecule has 124 valence electrons. The minimum Gasteiger partial charge on any atom is -0.457 e. The highest BCUT2D eigenvalue weighted by atomic mass is 19.1. The minimum absolute atomic E-state index is 0.215. The number of carbonyl (C=O) groups is 1. The number of ether oxygens (including phenoxy) is 2. The maximum absolute atomic E-state index is 13.7. The Labute approximate surface area is 138 Å². The van der Waals surface area contributed by atoms with E-state index in [0.717, 1.165) is 0 Å². The summed E-state index contributed by atoms with van der Waals surface area (Å²) in [5.74, 6) is -0.638. The lowest BCUT2D eigenvalue weighted by Crippen LogP contribution is -2.20. The molecule has 0 saturated heterocycles. The van der Waals surface area contributed by atoms with Crippen LogP contribution in [0.15, 0.2) is 46.4 Å². The van der Waals surface area contributed by atoms with Crippen molar-refractivity contribution in [3.05, 3.63) is 53.5 Å². The minimum atomic E-state index is -0.772. The summed E-state index contributed by atoms with van der Waals surface area (Å²) in [5, 5.41) is 9.12. The number of hydrogen-bond donors (Lipinski definition) is 0. The van der Waals surface area contributed by atoms with Crippen LogP contribution in [0.2, 0.25) is 0 Å². The summed E-state index contributed by atoms with van der Waals surface area (Å²) in [7, 11) is 1.48. The summed E-state index contributed by atoms with van der Waals surface area (Å²) in [4.78, 5) is 11.9. The van der Waals surface area contributed by atoms with Crippen molar-refractivity contribution in [2.24, 2.45) is 0 Å². The molecule has 0 radical (unpaired) electrons. The molecule has 0 spiro atoms. The highest BCUT2D eigenvalue weighted by Gasteiger charge is 2.16. The number of halogens is 1. The lowest BCUT2D eigenvalue weighted by molar-refractivity contribution is -0.145. The first-order valence-corrected chi connectivity index (χ1v) is 7.21. The summed E-state index contributed by atoms with van der Waals surface area (Å²) in [6.07, 6.45) is 0.775. The van der Waals surface area contributed by atoms with Crippen LogP contribution in [0.25, 0.3) is 17.4 Å². The van der Waals surface area contributed by atoms with Crippen molar-refractivity contribution in [1.82, 2.24) is 0 Å². The first-order valence-electron chi connectivity index (χ1n) is 7.21. The Morgan fingerprint density at radius 3 is 2.79 bits per heavy atom. The molecule has 0 aliphatic carbocycles. The standard InChI is InChI=1S/C18H16FNO4/c1-12(11-22-2)23-18(21)13(10-20)9-14-7-8-17(24-14)15-5-3-4-6-16(15)19/h3-9,12H,11H2,1-2H3/b13-9+/t12-/m1/s1. The van der Waals surface area contributed by atoms with E-state index in [2.05, 4.69) is 0 Å². The fourth-order valence-electron chi connectivity index (χ4n) is 2.03. The monoisotopic (exact) mass is 329 g/mol. The van der Waals surface area contributed by atoms with Gasteiger partial charge < -0.3 is 13.9 Å². The average Bonchev–Trinajstić information content (AvgIpc) is 3.01. The molecule has 0 aliphatic rings. The first-order chi connectivity index (χ1) is 11.5. The van der Waals surface area contributed by atoms with Crippen LogP contribution >= 0.6 is 0 Å². The number of furan rings is 1. The molecule has 0 unspecified atom stereocenters. The molecule has 6 heteroatoms. The molecule has 24 heavy (non-hydrogen) atoms. The highest BCUT2D eigenvalue weighted by molar-refractivity contribution is 5.97. The van der Waals surface area contributed by atoms with E-state index in [-0.39, 0.29) is 17.9 Å². The number of rotatable bonds is 6. The van der Waals surface area contributed by atoms with Gasteiger partial charge in [-0.3, -0.25) is 0 Å². The molecule has 1 aromatic carbocycles. The third kappa shape index (κ3) is 4.31. The number of nitriles is 1. The van der Waals surface area contributed by atoms with Gasteiger partial charge in [0.15, 0.2) is 0 Å². The summed E-state index contributed by atoms with van der Waals surface area (Å²) in [6, 6.07) is 11.0. The second-order valence-electron chi connectivity index (χ2n) is 5.02. The van der Waals surface area contributed by atoms with Crippen molar-refractivity contribution in [2.75, 3.05) is 13.7 Å². The van der Waals surface area contributed by atoms with Crippen LogP contribution in [-0.2, 0) is 14.3 Å². The van der Waals surface area contributed by atoms with E-state index in [0.29, 0.717) is 11.3 Å². The molecular formula is C18H16FNO4. The van der Waals surface area contributed by atoms with E-state index in [4.69, 9.17) is 19.2 Å². The molecular weight excluding hydrogens is 313 g/mol. The predicted molar refractivity (Wildman–Crippen MR) is 85.1 cm³/mol. The van der Waals surface area contributed by atoms with Gasteiger partial charge in [0, 0.05) is 13.2 Å². The van der Waals surface area contributed by atoms with Gasteiger partial charge in [0.05, 0.1) is 12.2 Å². The van der Waals surface area contributed by atoms with Crippen molar-refractivity contribution in [2.45, 2.75) is 13.0 Å². The maximum Gasteiger partial charge on any atom is 0.349 e. The lowest BCUT2D eigenvalue weighted by atomic mass is 10.1. The van der Waals surface area contributed by atoms with E-state index < -0.39 is 17.9 Å². The molecule has 0 saturated carbocycles. The SMILES string of the molecule is COC[C@@H](C)OC(=O)/C(C#N)=C/c1ccc(-c2ccccc2F)o1. The molecule has 0 fully saturated rings. The van der Waals surface area contributed by atoms with Gasteiger partial charge in [-0.05, 0) is 31.2 Å². The van der Waals surface area contributed by atoms with E-state index in [1.165, 1.54) is 19.3 Å². The normalized spacial score (nSPS) is 12.5. The van der Waals surface area contributed by atoms with E-state index >= 15 is 0 Å². The van der Waals surface area contributed by atoms with Crippen molar-refractivity contribution < 1.29 is 23.1 Å². The topological polar surface area (TPSA) is 72.5 Å². The second kappa shape index (κ2) is 8.09. The van der Waals surface area contributed by atoms with Crippen molar-refractivity contribution in [3.63, 3.8) is 0 Å². The lowest BCUT2D eigenvalue weighted by Gasteiger charge is -2.11. The number of carbonyl (C=O) groups excluding carboxylic acids is 1. The largest absolute Gasteiger partial charge is 0.457 e. The molecule has 1 aromatic heterocycles. The zero-order valence-corrected chi connectivity index (χ0v) is 13.3. The molecule has 5 nitrogen and oxygen atoms in total. The predicted octanol–water partition coefficient (Wildman–Crippen LogP) is 3.57. The van der Waals surface area contributed by atoms with Gasteiger partial charge >= 0.3 is 5.97 Å². The van der Waals surface area contributed by atoms with E-state index in [9.17, 15) is 9.18 Å². The van der Waals surface area contributed by atoms with Gasteiger partial charge in [-0.1, -0.05) is 12.1 Å². The van der Waals surface area contributed by atoms with Gasteiger partial charge in [-0.15, -0.1) is 0 Å². The molecule has 0 N–H and O–H groups in total. The molecule has 1 heterocycles. The number of methoxy groups -OCH3 is 1. The Morgan fingerprint density at radius 1 is 1.38 bits per heavy atom. The third-order valence-electron chi connectivity index (χ3n) is 3.10. The summed E-state index contributed by atoms with van der Waals surface area (Å²) >= 11 is 0. The summed E-state index contributed by atoms with van der Waals surface area (Å²) < 4.78 is 29.2. The number of nitrogens with zero attached hydrogens (tertiary/aromatic N) is 1. The molecule has 0 amide bonds. The van der Waals surface area contributed by atoms with Gasteiger partial charge in [0.1, 0.15) is 35.1 Å². The van der Waals surface area contributed by atoms with Crippen LogP contribution < -0.4 is 0 Å². The molecule has 0 bridgehead atoms. The van der Waals surface area contributed by atoms with Crippen molar-refractivity contribution >= 4 is 12.0 Å². The number of esters is 1. The molecule has 1 atom stereocenters. The fraction of sp³-hybridized carbons (Fsp3) is 0.222. The van der Waals surface area contributed by atoms with Crippen LogP contribution in [0, 0.1) is 17.1 Å². The Balaban J connectivity index is 2.19. The Bertz CT molecular complexity index is 788. The van der Waals surface area contributed by atoms with Gasteiger partial charge in [0.2, 0.25) is 0 Å². The van der Waals surface area contributed by atoms with Crippen LogP contribution in [0.3, 0.4) is 0 Å². The van der Waals surface area contributed by atoms with Crippen LogP contribution in [0.1, 0.15) is 12.7 Å². The van der Waals surface area contributed by atoms with Crippen molar-refractivity contribution in [3.8, 4) is 17.4 Å². The van der Waals surface area contributed by atoms with Crippen LogP contribution in [0.5, 0.6) is 0 Å². The quantitative estimate of drug-likeness (QED) is 0.460. The molecule has 2 aromatic rings.